The molecule has 0 bridgehead atoms. The number of nitrogens with one attached hydrogen (secondary N) is 1. The van der Waals surface area contributed by atoms with Gasteiger partial charge in [-0.05, 0) is 63.9 Å². The first-order chi connectivity index (χ1) is 12.8. The van der Waals surface area contributed by atoms with Crippen LogP contribution in [0, 0.1) is 34.6 Å². The number of halogens is 1. The first-order valence-electron chi connectivity index (χ1n) is 8.73. The van der Waals surface area contributed by atoms with Gasteiger partial charge in [0.25, 0.3) is 5.56 Å². The van der Waals surface area contributed by atoms with Crippen LogP contribution in [0.3, 0.4) is 0 Å². The number of aromatic amines is 1. The third kappa shape index (κ3) is 2.82. The van der Waals surface area contributed by atoms with Gasteiger partial charge in [-0.1, -0.05) is 17.7 Å². The summed E-state index contributed by atoms with van der Waals surface area (Å²) in [5.41, 5.74) is 5.96. The molecule has 1 aromatic carbocycles. The van der Waals surface area contributed by atoms with Crippen molar-refractivity contribution in [3.8, 4) is 17.1 Å². The number of nitrogens with zero attached hydrogens (tertiary/aromatic N) is 2. The van der Waals surface area contributed by atoms with Crippen LogP contribution in [0.15, 0.2) is 29.1 Å². The van der Waals surface area contributed by atoms with Crippen molar-refractivity contribution < 1.29 is 0 Å². The van der Waals surface area contributed by atoms with Crippen LogP contribution in [0.1, 0.15) is 27.4 Å². The van der Waals surface area contributed by atoms with Gasteiger partial charge in [0.05, 0.1) is 5.39 Å². The molecule has 0 saturated carbocycles. The molecule has 0 spiro atoms. The molecule has 138 valence electrons. The summed E-state index contributed by atoms with van der Waals surface area (Å²) in [5.74, 6) is 0.603. The topological polar surface area (TPSA) is 50.7 Å². The molecule has 3 aromatic heterocycles. The van der Waals surface area contributed by atoms with Crippen molar-refractivity contribution in [3.05, 3.63) is 67.0 Å². The van der Waals surface area contributed by atoms with Gasteiger partial charge in [0, 0.05) is 32.5 Å². The summed E-state index contributed by atoms with van der Waals surface area (Å²) in [7, 11) is 0. The van der Waals surface area contributed by atoms with E-state index in [-0.39, 0.29) is 5.56 Å². The molecule has 0 amide bonds. The Kier molecular flexibility index (Phi) is 4.24. The molecule has 3 heterocycles. The van der Waals surface area contributed by atoms with Gasteiger partial charge in [-0.25, -0.2) is 4.98 Å². The minimum atomic E-state index is -0.0833. The Bertz CT molecular complexity index is 1260. The Morgan fingerprint density at radius 2 is 1.85 bits per heavy atom. The molecule has 0 aliphatic heterocycles. The van der Waals surface area contributed by atoms with E-state index >= 15 is 0 Å². The van der Waals surface area contributed by atoms with Crippen LogP contribution < -0.4 is 5.56 Å². The van der Waals surface area contributed by atoms with E-state index in [1.807, 2.05) is 46.8 Å². The SMILES string of the molecule is Cc1ccc(-n2c(C)cc(-c3nc4sc(C)c(C)c4c(=O)[nH]3)c2C)cc1Cl. The number of aromatic nitrogens is 3. The molecule has 0 unspecified atom stereocenters. The number of benzene rings is 1. The molecular weight excluding hydrogens is 378 g/mol. The number of thiophene rings is 1. The third-order valence-electron chi connectivity index (χ3n) is 5.14. The number of fused-ring (bicyclic) bond motifs is 1. The smallest absolute Gasteiger partial charge is 0.260 e. The third-order valence-corrected chi connectivity index (χ3v) is 6.65. The van der Waals surface area contributed by atoms with E-state index in [1.165, 1.54) is 0 Å². The molecule has 0 fully saturated rings. The highest BCUT2D eigenvalue weighted by Crippen LogP contribution is 2.31. The maximum Gasteiger partial charge on any atom is 0.260 e. The monoisotopic (exact) mass is 397 g/mol. The van der Waals surface area contributed by atoms with E-state index in [0.717, 1.165) is 48.5 Å². The second-order valence-corrected chi connectivity index (χ2v) is 8.54. The number of rotatable bonds is 2. The summed E-state index contributed by atoms with van der Waals surface area (Å²) >= 11 is 7.89. The first-order valence-corrected chi connectivity index (χ1v) is 9.93. The number of hydrogen-bond donors (Lipinski definition) is 1. The zero-order valence-electron chi connectivity index (χ0n) is 15.9. The van der Waals surface area contributed by atoms with E-state index in [4.69, 9.17) is 16.6 Å². The Morgan fingerprint density at radius 1 is 1.11 bits per heavy atom. The van der Waals surface area contributed by atoms with Crippen LogP contribution in [0.5, 0.6) is 0 Å². The summed E-state index contributed by atoms with van der Waals surface area (Å²) in [5, 5.41) is 1.43. The van der Waals surface area contributed by atoms with E-state index in [0.29, 0.717) is 11.2 Å². The molecule has 0 saturated heterocycles. The molecule has 4 aromatic rings. The number of aryl methyl sites for hydroxylation is 4. The standard InChI is InChI=1S/C21H20ClN3OS/c1-10-6-7-15(9-17(10)22)25-11(2)8-16(13(25)4)19-23-20(26)18-12(3)14(5)27-21(18)24-19/h6-9H,1-5H3,(H,23,24,26). The highest BCUT2D eigenvalue weighted by atomic mass is 35.5. The van der Waals surface area contributed by atoms with Crippen molar-refractivity contribution >= 4 is 33.2 Å². The van der Waals surface area contributed by atoms with Crippen molar-refractivity contribution in [1.82, 2.24) is 14.5 Å². The molecule has 0 radical (unpaired) electrons. The van der Waals surface area contributed by atoms with Gasteiger partial charge in [-0.2, -0.15) is 0 Å². The maximum absolute atomic E-state index is 12.6. The minimum absolute atomic E-state index is 0.0833. The molecule has 0 atom stereocenters. The van der Waals surface area contributed by atoms with Gasteiger partial charge in [-0.15, -0.1) is 11.3 Å². The minimum Gasteiger partial charge on any atom is -0.318 e. The van der Waals surface area contributed by atoms with Gasteiger partial charge in [0.15, 0.2) is 0 Å². The van der Waals surface area contributed by atoms with Crippen molar-refractivity contribution in [3.63, 3.8) is 0 Å². The Hall–Kier alpha value is -2.37. The Morgan fingerprint density at radius 3 is 2.56 bits per heavy atom. The molecular formula is C21H20ClN3OS. The quantitative estimate of drug-likeness (QED) is 0.476. The first kappa shape index (κ1) is 18.0. The van der Waals surface area contributed by atoms with Crippen molar-refractivity contribution in [2.45, 2.75) is 34.6 Å². The van der Waals surface area contributed by atoms with Crippen LogP contribution in [0.25, 0.3) is 27.3 Å². The van der Waals surface area contributed by atoms with Crippen molar-refractivity contribution in [2.75, 3.05) is 0 Å². The lowest BCUT2D eigenvalue weighted by Gasteiger charge is -2.11. The van der Waals surface area contributed by atoms with E-state index in [9.17, 15) is 4.79 Å². The van der Waals surface area contributed by atoms with Gasteiger partial charge in [-0.3, -0.25) is 4.79 Å². The summed E-state index contributed by atoms with van der Waals surface area (Å²) in [6.07, 6.45) is 0. The largest absolute Gasteiger partial charge is 0.318 e. The number of H-pyrrole nitrogens is 1. The van der Waals surface area contributed by atoms with Crippen LogP contribution in [-0.4, -0.2) is 14.5 Å². The van der Waals surface area contributed by atoms with Gasteiger partial charge < -0.3 is 9.55 Å². The average Bonchev–Trinajstić information content (AvgIpc) is 3.06. The normalized spacial score (nSPS) is 11.5. The van der Waals surface area contributed by atoms with Crippen LogP contribution in [-0.2, 0) is 0 Å². The lowest BCUT2D eigenvalue weighted by atomic mass is 10.2. The highest BCUT2D eigenvalue weighted by Gasteiger charge is 2.17. The lowest BCUT2D eigenvalue weighted by Crippen LogP contribution is -2.09. The fourth-order valence-electron chi connectivity index (χ4n) is 3.50. The fraction of sp³-hybridized carbons (Fsp3) is 0.238. The summed E-state index contributed by atoms with van der Waals surface area (Å²) in [4.78, 5) is 22.3. The average molecular weight is 398 g/mol. The Labute approximate surface area is 166 Å². The fourth-order valence-corrected chi connectivity index (χ4v) is 4.71. The zero-order chi connectivity index (χ0) is 19.5. The summed E-state index contributed by atoms with van der Waals surface area (Å²) in [6.45, 7) is 10.1. The molecule has 27 heavy (non-hydrogen) atoms. The lowest BCUT2D eigenvalue weighted by molar-refractivity contribution is 0.964. The molecule has 4 rings (SSSR count). The highest BCUT2D eigenvalue weighted by molar-refractivity contribution is 7.18. The maximum atomic E-state index is 12.6. The predicted octanol–water partition coefficient (Wildman–Crippen LogP) is 5.64. The Balaban J connectivity index is 1.92. The molecule has 1 N–H and O–H groups in total. The van der Waals surface area contributed by atoms with Crippen molar-refractivity contribution in [2.24, 2.45) is 0 Å². The van der Waals surface area contributed by atoms with Crippen LogP contribution in [0.2, 0.25) is 5.02 Å². The second kappa shape index (κ2) is 6.36. The number of hydrogen-bond acceptors (Lipinski definition) is 3. The van der Waals surface area contributed by atoms with Gasteiger partial charge >= 0.3 is 0 Å². The van der Waals surface area contributed by atoms with Gasteiger partial charge in [0.1, 0.15) is 10.7 Å². The summed E-state index contributed by atoms with van der Waals surface area (Å²) < 4.78 is 2.13. The van der Waals surface area contributed by atoms with Crippen molar-refractivity contribution in [1.29, 1.82) is 0 Å². The van der Waals surface area contributed by atoms with E-state index in [2.05, 4.69) is 21.7 Å². The molecule has 0 aliphatic rings. The molecule has 6 heteroatoms. The second-order valence-electron chi connectivity index (χ2n) is 6.93. The molecule has 4 nitrogen and oxygen atoms in total. The zero-order valence-corrected chi connectivity index (χ0v) is 17.5. The summed E-state index contributed by atoms with van der Waals surface area (Å²) in [6, 6.07) is 8.09. The van der Waals surface area contributed by atoms with Crippen LogP contribution in [0.4, 0.5) is 0 Å². The van der Waals surface area contributed by atoms with Gasteiger partial charge in [0.2, 0.25) is 0 Å². The van der Waals surface area contributed by atoms with E-state index < -0.39 is 0 Å². The van der Waals surface area contributed by atoms with Crippen LogP contribution >= 0.6 is 22.9 Å². The molecule has 0 aliphatic carbocycles. The van der Waals surface area contributed by atoms with E-state index in [1.54, 1.807) is 11.3 Å². The predicted molar refractivity (Wildman–Crippen MR) is 114 cm³/mol.